The van der Waals surface area contributed by atoms with Crippen molar-refractivity contribution in [2.75, 3.05) is 26.7 Å². The van der Waals surface area contributed by atoms with Gasteiger partial charge in [0.15, 0.2) is 0 Å². The van der Waals surface area contributed by atoms with Crippen LogP contribution in [0.5, 0.6) is 0 Å². The number of hydrogen-bond acceptors (Lipinski definition) is 4. The van der Waals surface area contributed by atoms with Crippen molar-refractivity contribution in [3.8, 4) is 0 Å². The molecule has 3 aliphatic rings. The van der Waals surface area contributed by atoms with E-state index in [9.17, 15) is 4.79 Å². The molecule has 2 heterocycles. The van der Waals surface area contributed by atoms with Gasteiger partial charge in [-0.25, -0.2) is 4.79 Å². The van der Waals surface area contributed by atoms with Crippen LogP contribution in [0.1, 0.15) is 51.4 Å². The van der Waals surface area contributed by atoms with Crippen molar-refractivity contribution < 1.29 is 9.53 Å². The molecule has 4 heteroatoms. The van der Waals surface area contributed by atoms with Crippen LogP contribution in [0, 0.1) is 5.92 Å². The van der Waals surface area contributed by atoms with E-state index in [0.29, 0.717) is 18.0 Å². The highest BCUT2D eigenvalue weighted by molar-refractivity contribution is 5.88. The first-order valence-corrected chi connectivity index (χ1v) is 9.04. The van der Waals surface area contributed by atoms with Crippen LogP contribution in [0.15, 0.2) is 11.6 Å². The molecule has 3 rings (SSSR count). The zero-order valence-corrected chi connectivity index (χ0v) is 13.9. The Bertz CT molecular complexity index is 415. The number of esters is 1. The zero-order valence-electron chi connectivity index (χ0n) is 13.9. The van der Waals surface area contributed by atoms with Gasteiger partial charge in [-0.3, -0.25) is 4.90 Å². The minimum Gasteiger partial charge on any atom is -0.466 e. The van der Waals surface area contributed by atoms with Gasteiger partial charge >= 0.3 is 5.97 Å². The first kappa shape index (κ1) is 16.0. The Morgan fingerprint density at radius 2 is 2.05 bits per heavy atom. The van der Waals surface area contributed by atoms with Gasteiger partial charge in [-0.2, -0.15) is 0 Å². The van der Waals surface area contributed by atoms with E-state index in [1.165, 1.54) is 52.3 Å². The second-order valence-electron chi connectivity index (χ2n) is 7.03. The molecule has 22 heavy (non-hydrogen) atoms. The minimum absolute atomic E-state index is 0.134. The lowest BCUT2D eigenvalue weighted by Crippen LogP contribution is -2.55. The van der Waals surface area contributed by atoms with E-state index in [-0.39, 0.29) is 5.97 Å². The van der Waals surface area contributed by atoms with Crippen LogP contribution in [0.4, 0.5) is 0 Å². The zero-order chi connectivity index (χ0) is 15.4. The van der Waals surface area contributed by atoms with E-state index in [1.807, 2.05) is 0 Å². The molecule has 1 saturated heterocycles. The van der Waals surface area contributed by atoms with Crippen LogP contribution in [0.25, 0.3) is 0 Å². The lowest BCUT2D eigenvalue weighted by atomic mass is 9.77. The SMILES string of the molecule is COC(=O)/C1=C\CCN[C@@H]2[C@@H](CCC[C@H]2N2CCCC2)CC1. The minimum atomic E-state index is -0.134. The van der Waals surface area contributed by atoms with E-state index in [4.69, 9.17) is 4.74 Å². The van der Waals surface area contributed by atoms with Crippen molar-refractivity contribution in [3.05, 3.63) is 11.6 Å². The van der Waals surface area contributed by atoms with Gasteiger partial charge < -0.3 is 10.1 Å². The summed E-state index contributed by atoms with van der Waals surface area (Å²) in [5, 5.41) is 3.83. The van der Waals surface area contributed by atoms with Gasteiger partial charge in [-0.15, -0.1) is 0 Å². The van der Waals surface area contributed by atoms with Crippen LogP contribution in [-0.4, -0.2) is 49.7 Å². The molecule has 0 aromatic rings. The first-order valence-electron chi connectivity index (χ1n) is 9.04. The van der Waals surface area contributed by atoms with Crippen molar-refractivity contribution in [1.82, 2.24) is 10.2 Å². The maximum atomic E-state index is 11.9. The van der Waals surface area contributed by atoms with Crippen molar-refractivity contribution in [1.29, 1.82) is 0 Å². The van der Waals surface area contributed by atoms with Crippen molar-refractivity contribution in [2.45, 2.75) is 63.5 Å². The monoisotopic (exact) mass is 306 g/mol. The molecule has 1 N–H and O–H groups in total. The average molecular weight is 306 g/mol. The average Bonchev–Trinajstić information content (AvgIpc) is 3.10. The summed E-state index contributed by atoms with van der Waals surface area (Å²) in [6.45, 7) is 3.54. The molecule has 0 bridgehead atoms. The molecule has 0 amide bonds. The molecule has 0 radical (unpaired) electrons. The highest BCUT2D eigenvalue weighted by Crippen LogP contribution is 2.34. The number of nitrogens with zero attached hydrogens (tertiary/aromatic N) is 1. The Labute approximate surface area is 134 Å². The number of fused-ring (bicyclic) bond motifs is 1. The Morgan fingerprint density at radius 1 is 1.23 bits per heavy atom. The van der Waals surface area contributed by atoms with Crippen molar-refractivity contribution in [3.63, 3.8) is 0 Å². The molecule has 0 spiro atoms. The smallest absolute Gasteiger partial charge is 0.333 e. The van der Waals surface area contributed by atoms with Crippen molar-refractivity contribution in [2.24, 2.45) is 5.92 Å². The van der Waals surface area contributed by atoms with Gasteiger partial charge in [0.05, 0.1) is 7.11 Å². The topological polar surface area (TPSA) is 41.6 Å². The lowest BCUT2D eigenvalue weighted by Gasteiger charge is -2.43. The highest BCUT2D eigenvalue weighted by Gasteiger charge is 2.37. The van der Waals surface area contributed by atoms with Crippen LogP contribution in [0.3, 0.4) is 0 Å². The summed E-state index contributed by atoms with van der Waals surface area (Å²) in [6.07, 6.45) is 11.7. The fourth-order valence-electron chi connectivity index (χ4n) is 4.63. The standard InChI is InChI=1S/C18H30N2O2/c1-22-18(21)15-7-5-11-19-17-14(9-10-15)6-4-8-16(17)20-12-2-3-13-20/h7,14,16-17,19H,2-6,8-13H2,1H3/b15-7-/t14-,16+,17+/m0/s1. The third-order valence-corrected chi connectivity index (χ3v) is 5.75. The van der Waals surface area contributed by atoms with Gasteiger partial charge in [-0.05, 0) is 70.5 Å². The molecule has 2 aliphatic heterocycles. The van der Waals surface area contributed by atoms with Crippen LogP contribution in [0.2, 0.25) is 0 Å². The van der Waals surface area contributed by atoms with Crippen LogP contribution >= 0.6 is 0 Å². The Morgan fingerprint density at radius 3 is 2.82 bits per heavy atom. The summed E-state index contributed by atoms with van der Waals surface area (Å²) in [5.41, 5.74) is 0.883. The third kappa shape index (κ3) is 3.54. The molecular weight excluding hydrogens is 276 g/mol. The summed E-state index contributed by atoms with van der Waals surface area (Å²) in [7, 11) is 1.49. The summed E-state index contributed by atoms with van der Waals surface area (Å²) in [5.74, 6) is 0.566. The molecule has 0 aromatic carbocycles. The molecule has 4 nitrogen and oxygen atoms in total. The molecular formula is C18H30N2O2. The van der Waals surface area contributed by atoms with Gasteiger partial charge in [0, 0.05) is 17.7 Å². The predicted octanol–water partition coefficient (Wildman–Crippen LogP) is 2.49. The molecule has 0 unspecified atom stereocenters. The summed E-state index contributed by atoms with van der Waals surface area (Å²) in [6, 6.07) is 1.32. The maximum absolute atomic E-state index is 11.9. The predicted molar refractivity (Wildman–Crippen MR) is 87.7 cm³/mol. The van der Waals surface area contributed by atoms with Crippen molar-refractivity contribution >= 4 is 5.97 Å². The van der Waals surface area contributed by atoms with Gasteiger partial charge in [0.25, 0.3) is 0 Å². The first-order chi connectivity index (χ1) is 10.8. The number of nitrogens with one attached hydrogen (secondary N) is 1. The Balaban J connectivity index is 1.68. The van der Waals surface area contributed by atoms with Gasteiger partial charge in [0.2, 0.25) is 0 Å². The molecule has 0 aromatic heterocycles. The van der Waals surface area contributed by atoms with Gasteiger partial charge in [-0.1, -0.05) is 12.5 Å². The van der Waals surface area contributed by atoms with Crippen LogP contribution < -0.4 is 5.32 Å². The van der Waals surface area contributed by atoms with E-state index in [2.05, 4.69) is 16.3 Å². The van der Waals surface area contributed by atoms with E-state index in [0.717, 1.165) is 31.4 Å². The Hall–Kier alpha value is -0.870. The number of carbonyl (C=O) groups excluding carboxylic acids is 1. The lowest BCUT2D eigenvalue weighted by molar-refractivity contribution is -0.136. The molecule has 2 fully saturated rings. The summed E-state index contributed by atoms with van der Waals surface area (Å²) in [4.78, 5) is 14.6. The fraction of sp³-hybridized carbons (Fsp3) is 0.833. The normalized spacial score (nSPS) is 36.4. The largest absolute Gasteiger partial charge is 0.466 e. The molecule has 3 atom stereocenters. The van der Waals surface area contributed by atoms with Crippen LogP contribution in [-0.2, 0) is 9.53 Å². The number of likely N-dealkylation sites (tertiary alicyclic amines) is 1. The third-order valence-electron chi connectivity index (χ3n) is 5.75. The number of rotatable bonds is 2. The molecule has 1 saturated carbocycles. The van der Waals surface area contributed by atoms with E-state index < -0.39 is 0 Å². The Kier molecular flexibility index (Phi) is 5.53. The number of ether oxygens (including phenoxy) is 1. The van der Waals surface area contributed by atoms with Gasteiger partial charge in [0.1, 0.15) is 0 Å². The number of carbonyl (C=O) groups is 1. The molecule has 124 valence electrons. The second-order valence-corrected chi connectivity index (χ2v) is 7.03. The van der Waals surface area contributed by atoms with E-state index in [1.54, 1.807) is 0 Å². The summed E-state index contributed by atoms with van der Waals surface area (Å²) < 4.78 is 4.93. The maximum Gasteiger partial charge on any atom is 0.333 e. The number of hydrogen-bond donors (Lipinski definition) is 1. The highest BCUT2D eigenvalue weighted by atomic mass is 16.5. The van der Waals surface area contributed by atoms with E-state index >= 15 is 0 Å². The summed E-state index contributed by atoms with van der Waals surface area (Å²) >= 11 is 0. The molecule has 1 aliphatic carbocycles. The fourth-order valence-corrected chi connectivity index (χ4v) is 4.63. The quantitative estimate of drug-likeness (QED) is 0.796. The number of methoxy groups -OCH3 is 1. The second kappa shape index (κ2) is 7.60.